The van der Waals surface area contributed by atoms with Crippen LogP contribution in [-0.4, -0.2) is 19.7 Å². The number of thiazole rings is 1. The van der Waals surface area contributed by atoms with E-state index in [1.807, 2.05) is 43.3 Å². The van der Waals surface area contributed by atoms with E-state index in [-0.39, 0.29) is 0 Å². The molecule has 0 aliphatic carbocycles. The highest BCUT2D eigenvalue weighted by atomic mass is 32.2. The molecule has 0 bridgehead atoms. The van der Waals surface area contributed by atoms with Gasteiger partial charge in [0.2, 0.25) is 10.0 Å². The molecule has 0 saturated carbocycles. The number of nitrogens with zero attached hydrogens (tertiary/aromatic N) is 1. The number of hydrogen-bond donors (Lipinski definition) is 1. The molecule has 4 nitrogen and oxygen atoms in total. The van der Waals surface area contributed by atoms with Crippen molar-refractivity contribution in [3.05, 3.63) is 48.0 Å². The van der Waals surface area contributed by atoms with Gasteiger partial charge in [0, 0.05) is 5.56 Å². The van der Waals surface area contributed by atoms with Crippen molar-refractivity contribution in [2.75, 3.05) is 11.0 Å². The zero-order valence-corrected chi connectivity index (χ0v) is 13.3. The summed E-state index contributed by atoms with van der Waals surface area (Å²) in [6, 6.07) is 13.5. The van der Waals surface area contributed by atoms with Crippen molar-refractivity contribution in [3.8, 4) is 10.6 Å². The van der Waals surface area contributed by atoms with Gasteiger partial charge in [-0.3, -0.25) is 4.72 Å². The Balaban J connectivity index is 2.18. The SMILES string of the molecule is Cc1ccc(NS(C)(=O)=O)c(-c2nc3ccccc3s2)c1. The Bertz CT molecular complexity index is 881. The Morgan fingerprint density at radius 3 is 2.62 bits per heavy atom. The van der Waals surface area contributed by atoms with E-state index in [4.69, 9.17) is 0 Å². The lowest BCUT2D eigenvalue weighted by Gasteiger charge is -2.09. The number of benzene rings is 2. The van der Waals surface area contributed by atoms with Crippen LogP contribution in [0.5, 0.6) is 0 Å². The first-order chi connectivity index (χ1) is 9.92. The summed E-state index contributed by atoms with van der Waals surface area (Å²) in [5.41, 5.74) is 3.34. The number of aromatic nitrogens is 1. The third kappa shape index (κ3) is 3.06. The summed E-state index contributed by atoms with van der Waals surface area (Å²) in [6.45, 7) is 1.97. The molecule has 6 heteroatoms. The van der Waals surface area contributed by atoms with Gasteiger partial charge in [-0.15, -0.1) is 11.3 Å². The minimum Gasteiger partial charge on any atom is -0.283 e. The van der Waals surface area contributed by atoms with Crippen molar-refractivity contribution in [1.82, 2.24) is 4.98 Å². The fourth-order valence-electron chi connectivity index (χ4n) is 2.11. The van der Waals surface area contributed by atoms with E-state index in [0.717, 1.165) is 32.6 Å². The summed E-state index contributed by atoms with van der Waals surface area (Å²) < 4.78 is 26.7. The molecule has 1 heterocycles. The van der Waals surface area contributed by atoms with Crippen molar-refractivity contribution in [3.63, 3.8) is 0 Å². The molecule has 0 spiro atoms. The van der Waals surface area contributed by atoms with Crippen LogP contribution >= 0.6 is 11.3 Å². The van der Waals surface area contributed by atoms with Gasteiger partial charge in [0.1, 0.15) is 5.01 Å². The predicted molar refractivity (Wildman–Crippen MR) is 88.3 cm³/mol. The molecule has 1 aromatic heterocycles. The Kier molecular flexibility index (Phi) is 3.43. The molecule has 0 aliphatic heterocycles. The summed E-state index contributed by atoms with van der Waals surface area (Å²) in [6.07, 6.45) is 1.15. The minimum atomic E-state index is -3.32. The zero-order chi connectivity index (χ0) is 15.0. The van der Waals surface area contributed by atoms with Crippen LogP contribution in [0.25, 0.3) is 20.8 Å². The van der Waals surface area contributed by atoms with Gasteiger partial charge in [0.25, 0.3) is 0 Å². The maximum Gasteiger partial charge on any atom is 0.229 e. The third-order valence-electron chi connectivity index (χ3n) is 2.99. The second kappa shape index (κ2) is 5.13. The van der Waals surface area contributed by atoms with Gasteiger partial charge in [0.05, 0.1) is 22.2 Å². The largest absolute Gasteiger partial charge is 0.283 e. The molecule has 21 heavy (non-hydrogen) atoms. The maximum atomic E-state index is 11.5. The molecular weight excluding hydrogens is 304 g/mol. The maximum absolute atomic E-state index is 11.5. The highest BCUT2D eigenvalue weighted by Gasteiger charge is 2.13. The highest BCUT2D eigenvalue weighted by Crippen LogP contribution is 2.35. The van der Waals surface area contributed by atoms with E-state index in [1.165, 1.54) is 0 Å². The average molecular weight is 318 g/mol. The number of hydrogen-bond acceptors (Lipinski definition) is 4. The number of rotatable bonds is 3. The first kappa shape index (κ1) is 14.0. The van der Waals surface area contributed by atoms with Crippen molar-refractivity contribution in [1.29, 1.82) is 0 Å². The summed E-state index contributed by atoms with van der Waals surface area (Å²) in [5.74, 6) is 0. The number of fused-ring (bicyclic) bond motifs is 1. The summed E-state index contributed by atoms with van der Waals surface area (Å²) in [7, 11) is -3.32. The van der Waals surface area contributed by atoms with Gasteiger partial charge in [-0.05, 0) is 31.2 Å². The number of aryl methyl sites for hydroxylation is 1. The molecule has 3 aromatic rings. The molecule has 0 saturated heterocycles. The van der Waals surface area contributed by atoms with Crippen LogP contribution in [0.3, 0.4) is 0 Å². The van der Waals surface area contributed by atoms with E-state index >= 15 is 0 Å². The smallest absolute Gasteiger partial charge is 0.229 e. The standard InChI is InChI=1S/C15H14N2O2S2/c1-10-7-8-12(17-21(2,18)19)11(9-10)15-16-13-5-3-4-6-14(13)20-15/h3-9,17H,1-2H3. The van der Waals surface area contributed by atoms with E-state index in [9.17, 15) is 8.42 Å². The summed E-state index contributed by atoms with van der Waals surface area (Å²) in [5, 5.41) is 0.811. The van der Waals surface area contributed by atoms with Crippen molar-refractivity contribution in [2.45, 2.75) is 6.92 Å². The lowest BCUT2D eigenvalue weighted by Crippen LogP contribution is -2.10. The second-order valence-electron chi connectivity index (χ2n) is 4.91. The molecule has 2 aromatic carbocycles. The number of para-hydroxylation sites is 1. The van der Waals surface area contributed by atoms with Crippen molar-refractivity contribution >= 4 is 37.3 Å². The second-order valence-corrected chi connectivity index (χ2v) is 7.69. The van der Waals surface area contributed by atoms with Gasteiger partial charge in [-0.1, -0.05) is 23.8 Å². The monoisotopic (exact) mass is 318 g/mol. The third-order valence-corrected chi connectivity index (χ3v) is 4.66. The Hall–Kier alpha value is -1.92. The van der Waals surface area contributed by atoms with Crippen LogP contribution in [0.4, 0.5) is 5.69 Å². The van der Waals surface area contributed by atoms with E-state index in [0.29, 0.717) is 5.69 Å². The van der Waals surface area contributed by atoms with Crippen molar-refractivity contribution in [2.24, 2.45) is 0 Å². The topological polar surface area (TPSA) is 59.1 Å². The lowest BCUT2D eigenvalue weighted by molar-refractivity contribution is 0.607. The molecule has 0 radical (unpaired) electrons. The first-order valence-corrected chi connectivity index (χ1v) is 9.07. The predicted octanol–water partition coefficient (Wildman–Crippen LogP) is 3.64. The van der Waals surface area contributed by atoms with Crippen LogP contribution in [0.2, 0.25) is 0 Å². The van der Waals surface area contributed by atoms with Gasteiger partial charge in [-0.25, -0.2) is 13.4 Å². The quantitative estimate of drug-likeness (QED) is 0.802. The fourth-order valence-corrected chi connectivity index (χ4v) is 3.68. The summed E-state index contributed by atoms with van der Waals surface area (Å²) in [4.78, 5) is 4.60. The van der Waals surface area contributed by atoms with Crippen LogP contribution in [0.1, 0.15) is 5.56 Å². The molecule has 0 amide bonds. The molecule has 3 rings (SSSR count). The number of nitrogens with one attached hydrogen (secondary N) is 1. The molecule has 108 valence electrons. The number of sulfonamides is 1. The molecule has 0 fully saturated rings. The van der Waals surface area contributed by atoms with Gasteiger partial charge < -0.3 is 0 Å². The van der Waals surface area contributed by atoms with E-state index in [1.54, 1.807) is 17.4 Å². The Morgan fingerprint density at radius 2 is 1.90 bits per heavy atom. The van der Waals surface area contributed by atoms with E-state index in [2.05, 4.69) is 9.71 Å². The van der Waals surface area contributed by atoms with Crippen LogP contribution in [0.15, 0.2) is 42.5 Å². The normalized spacial score (nSPS) is 11.7. The summed E-state index contributed by atoms with van der Waals surface area (Å²) >= 11 is 1.55. The highest BCUT2D eigenvalue weighted by molar-refractivity contribution is 7.92. The Morgan fingerprint density at radius 1 is 1.14 bits per heavy atom. The Labute approximate surface area is 127 Å². The van der Waals surface area contributed by atoms with Crippen LogP contribution < -0.4 is 4.72 Å². The lowest BCUT2D eigenvalue weighted by atomic mass is 10.1. The fraction of sp³-hybridized carbons (Fsp3) is 0.133. The number of anilines is 1. The van der Waals surface area contributed by atoms with E-state index < -0.39 is 10.0 Å². The van der Waals surface area contributed by atoms with Gasteiger partial charge in [0.15, 0.2) is 0 Å². The van der Waals surface area contributed by atoms with Crippen molar-refractivity contribution < 1.29 is 8.42 Å². The van der Waals surface area contributed by atoms with Gasteiger partial charge >= 0.3 is 0 Å². The van der Waals surface area contributed by atoms with Crippen LogP contribution in [0, 0.1) is 6.92 Å². The molecular formula is C15H14N2O2S2. The molecule has 1 N–H and O–H groups in total. The molecule has 0 atom stereocenters. The average Bonchev–Trinajstić information content (AvgIpc) is 2.83. The molecule has 0 aliphatic rings. The first-order valence-electron chi connectivity index (χ1n) is 6.37. The van der Waals surface area contributed by atoms with Gasteiger partial charge in [-0.2, -0.15) is 0 Å². The molecule has 0 unspecified atom stereocenters. The van der Waals surface area contributed by atoms with Crippen LogP contribution in [-0.2, 0) is 10.0 Å². The minimum absolute atomic E-state index is 0.558. The zero-order valence-electron chi connectivity index (χ0n) is 11.6.